The summed E-state index contributed by atoms with van der Waals surface area (Å²) in [4.78, 5) is 0. The molecule has 0 aromatic heterocycles. The zero-order chi connectivity index (χ0) is 7.40. The Kier molecular flexibility index (Phi) is 5.45. The first-order chi connectivity index (χ1) is 4.79. The summed E-state index contributed by atoms with van der Waals surface area (Å²) in [5.74, 6) is 0. The first-order valence-corrected chi connectivity index (χ1v) is 4.87. The minimum Gasteiger partial charge on any atom is -0.344 e. The SMILES string of the molecule is N.O=[SH](=O)NC1CCCCC1. The fraction of sp³-hybridized carbons (Fsp3) is 1.00. The van der Waals surface area contributed by atoms with Crippen LogP contribution in [0.1, 0.15) is 32.1 Å². The van der Waals surface area contributed by atoms with E-state index in [1.165, 1.54) is 19.3 Å². The molecule has 0 aromatic carbocycles. The van der Waals surface area contributed by atoms with Crippen molar-refractivity contribution in [3.8, 4) is 0 Å². The van der Waals surface area contributed by atoms with Crippen LogP contribution in [0.5, 0.6) is 0 Å². The van der Waals surface area contributed by atoms with Gasteiger partial charge < -0.3 is 6.15 Å². The highest BCUT2D eigenvalue weighted by atomic mass is 32.2. The van der Waals surface area contributed by atoms with Crippen LogP contribution in [0.25, 0.3) is 0 Å². The van der Waals surface area contributed by atoms with Gasteiger partial charge in [0, 0.05) is 6.04 Å². The van der Waals surface area contributed by atoms with Crippen molar-refractivity contribution in [1.29, 1.82) is 0 Å². The van der Waals surface area contributed by atoms with Gasteiger partial charge in [-0.2, -0.15) is 0 Å². The molecular weight excluding hydrogens is 164 g/mol. The van der Waals surface area contributed by atoms with Crippen LogP contribution in [0.3, 0.4) is 0 Å². The third-order valence-corrected chi connectivity index (χ3v) is 2.47. The number of hydrogen-bond donors (Lipinski definition) is 3. The lowest BCUT2D eigenvalue weighted by atomic mass is 9.96. The highest BCUT2D eigenvalue weighted by Gasteiger charge is 2.12. The molecule has 4 N–H and O–H groups in total. The van der Waals surface area contributed by atoms with Gasteiger partial charge in [0.05, 0.1) is 0 Å². The standard InChI is InChI=1S/C6H13NO2S.H3N/c8-10(9)7-6-4-2-1-3-5-6;/h6,10H,1-5H2,(H,7,8,9);1H3. The largest absolute Gasteiger partial charge is 0.344 e. The Morgan fingerprint density at radius 3 is 2.09 bits per heavy atom. The molecule has 0 heterocycles. The minimum absolute atomic E-state index is 0. The van der Waals surface area contributed by atoms with Gasteiger partial charge in [0.1, 0.15) is 0 Å². The smallest absolute Gasteiger partial charge is 0.201 e. The molecule has 1 aliphatic carbocycles. The second-order valence-electron chi connectivity index (χ2n) is 2.72. The summed E-state index contributed by atoms with van der Waals surface area (Å²) < 4.78 is 22.9. The molecule has 0 aliphatic heterocycles. The molecule has 0 radical (unpaired) electrons. The Hall–Kier alpha value is -0.130. The van der Waals surface area contributed by atoms with E-state index in [2.05, 4.69) is 4.72 Å². The molecule has 1 rings (SSSR count). The van der Waals surface area contributed by atoms with E-state index in [0.29, 0.717) is 0 Å². The van der Waals surface area contributed by atoms with Crippen molar-refractivity contribution < 1.29 is 8.42 Å². The van der Waals surface area contributed by atoms with Gasteiger partial charge in [0.25, 0.3) is 0 Å². The van der Waals surface area contributed by atoms with Crippen LogP contribution < -0.4 is 10.9 Å². The molecule has 0 spiro atoms. The monoisotopic (exact) mass is 180 g/mol. The summed E-state index contributed by atoms with van der Waals surface area (Å²) in [5.41, 5.74) is 0. The van der Waals surface area contributed by atoms with Crippen molar-refractivity contribution in [3.63, 3.8) is 0 Å². The van der Waals surface area contributed by atoms with Crippen LogP contribution in [-0.4, -0.2) is 14.5 Å². The molecule has 1 saturated carbocycles. The third-order valence-electron chi connectivity index (χ3n) is 1.89. The van der Waals surface area contributed by atoms with E-state index >= 15 is 0 Å². The van der Waals surface area contributed by atoms with E-state index in [0.717, 1.165) is 12.8 Å². The van der Waals surface area contributed by atoms with E-state index < -0.39 is 10.9 Å². The van der Waals surface area contributed by atoms with E-state index in [9.17, 15) is 8.42 Å². The highest BCUT2D eigenvalue weighted by Crippen LogP contribution is 2.16. The van der Waals surface area contributed by atoms with Gasteiger partial charge in [-0.15, -0.1) is 0 Å². The van der Waals surface area contributed by atoms with Gasteiger partial charge in [-0.3, -0.25) is 0 Å². The van der Waals surface area contributed by atoms with Crippen molar-refractivity contribution in [2.24, 2.45) is 0 Å². The molecule has 0 atom stereocenters. The number of thiol groups is 1. The molecule has 1 fully saturated rings. The quantitative estimate of drug-likeness (QED) is 0.544. The summed E-state index contributed by atoms with van der Waals surface area (Å²) in [5, 5.41) is 0. The Bertz CT molecular complexity index is 156. The van der Waals surface area contributed by atoms with E-state index in [4.69, 9.17) is 0 Å². The molecule has 11 heavy (non-hydrogen) atoms. The Labute approximate surface area is 69.0 Å². The predicted molar refractivity (Wildman–Crippen MR) is 45.3 cm³/mol. The van der Waals surface area contributed by atoms with Crippen LogP contribution >= 0.6 is 0 Å². The summed E-state index contributed by atoms with van der Waals surface area (Å²) in [6.45, 7) is 0. The van der Waals surface area contributed by atoms with E-state index in [-0.39, 0.29) is 12.2 Å². The molecule has 5 heteroatoms. The first kappa shape index (κ1) is 10.9. The second kappa shape index (κ2) is 5.51. The molecular formula is C6H16N2O2S. The van der Waals surface area contributed by atoms with E-state index in [1.807, 2.05) is 0 Å². The first-order valence-electron chi connectivity index (χ1n) is 3.69. The summed E-state index contributed by atoms with van der Waals surface area (Å²) in [7, 11) is -2.37. The zero-order valence-corrected chi connectivity index (χ0v) is 7.48. The van der Waals surface area contributed by atoms with Gasteiger partial charge in [0.2, 0.25) is 10.9 Å². The summed E-state index contributed by atoms with van der Waals surface area (Å²) in [6.07, 6.45) is 5.63. The van der Waals surface area contributed by atoms with Crippen LogP contribution in [-0.2, 0) is 10.9 Å². The average molecular weight is 180 g/mol. The molecule has 0 unspecified atom stereocenters. The molecule has 0 bridgehead atoms. The number of nitrogens with one attached hydrogen (secondary N) is 1. The van der Waals surface area contributed by atoms with Crippen LogP contribution in [0.4, 0.5) is 0 Å². The Morgan fingerprint density at radius 2 is 1.64 bits per heavy atom. The van der Waals surface area contributed by atoms with Crippen molar-refractivity contribution in [3.05, 3.63) is 0 Å². The lowest BCUT2D eigenvalue weighted by molar-refractivity contribution is 0.415. The van der Waals surface area contributed by atoms with Gasteiger partial charge >= 0.3 is 0 Å². The minimum atomic E-state index is -2.37. The van der Waals surface area contributed by atoms with Crippen molar-refractivity contribution in [2.75, 3.05) is 0 Å². The topological polar surface area (TPSA) is 81.2 Å². The summed E-state index contributed by atoms with van der Waals surface area (Å²) >= 11 is 0. The Morgan fingerprint density at radius 1 is 1.09 bits per heavy atom. The maximum Gasteiger partial charge on any atom is 0.201 e. The average Bonchev–Trinajstić information content (AvgIpc) is 1.88. The molecule has 1 aliphatic rings. The van der Waals surface area contributed by atoms with Crippen LogP contribution in [0, 0.1) is 0 Å². The molecule has 0 amide bonds. The fourth-order valence-electron chi connectivity index (χ4n) is 1.38. The Balaban J connectivity index is 0.000001000. The van der Waals surface area contributed by atoms with Gasteiger partial charge in [-0.1, -0.05) is 19.3 Å². The number of hydrogen-bond acceptors (Lipinski definition) is 3. The van der Waals surface area contributed by atoms with Gasteiger partial charge in [0.15, 0.2) is 0 Å². The maximum absolute atomic E-state index is 10.2. The normalized spacial score (nSPS) is 19.7. The lowest BCUT2D eigenvalue weighted by Gasteiger charge is -2.19. The van der Waals surface area contributed by atoms with Crippen LogP contribution in [0.2, 0.25) is 0 Å². The second-order valence-corrected chi connectivity index (χ2v) is 3.49. The van der Waals surface area contributed by atoms with Crippen molar-refractivity contribution >= 4 is 10.9 Å². The molecule has 68 valence electrons. The zero-order valence-electron chi connectivity index (χ0n) is 6.58. The fourth-order valence-corrected chi connectivity index (χ4v) is 1.94. The van der Waals surface area contributed by atoms with E-state index in [1.54, 1.807) is 0 Å². The predicted octanol–water partition coefficient (Wildman–Crippen LogP) is 0.597. The van der Waals surface area contributed by atoms with Crippen molar-refractivity contribution in [2.45, 2.75) is 38.1 Å². The highest BCUT2D eigenvalue weighted by molar-refractivity contribution is 7.70. The number of rotatable bonds is 2. The maximum atomic E-state index is 10.2. The lowest BCUT2D eigenvalue weighted by Crippen LogP contribution is -2.29. The third kappa shape index (κ3) is 4.34. The van der Waals surface area contributed by atoms with Crippen LogP contribution in [0.15, 0.2) is 0 Å². The van der Waals surface area contributed by atoms with Crippen molar-refractivity contribution in [1.82, 2.24) is 10.9 Å². The molecule has 0 saturated heterocycles. The molecule has 4 nitrogen and oxygen atoms in total. The van der Waals surface area contributed by atoms with Gasteiger partial charge in [-0.05, 0) is 12.8 Å². The van der Waals surface area contributed by atoms with Gasteiger partial charge in [-0.25, -0.2) is 13.1 Å². The summed E-state index contributed by atoms with van der Waals surface area (Å²) in [6, 6.07) is 0.231. The molecule has 0 aromatic rings.